The molecule has 5 nitrogen and oxygen atoms in total. The summed E-state index contributed by atoms with van der Waals surface area (Å²) >= 11 is 4.97. The minimum absolute atomic E-state index is 0.0537. The van der Waals surface area contributed by atoms with Gasteiger partial charge in [0.25, 0.3) is 5.91 Å². The van der Waals surface area contributed by atoms with E-state index in [1.807, 2.05) is 6.07 Å². The molecule has 1 amide bonds. The van der Waals surface area contributed by atoms with Crippen LogP contribution in [-0.4, -0.2) is 24.2 Å². The molecule has 0 fully saturated rings. The third-order valence-electron chi connectivity index (χ3n) is 2.72. The summed E-state index contributed by atoms with van der Waals surface area (Å²) in [5.74, 6) is -0.0181. The molecule has 0 saturated heterocycles. The number of amides is 1. The average molecular weight is 352 g/mol. The summed E-state index contributed by atoms with van der Waals surface area (Å²) in [4.78, 5) is 11.8. The van der Waals surface area contributed by atoms with Crippen molar-refractivity contribution in [2.75, 3.05) is 11.9 Å². The molecule has 0 aromatic heterocycles. The molecule has 0 bridgehead atoms. The van der Waals surface area contributed by atoms with Crippen molar-refractivity contribution < 1.29 is 23.0 Å². The van der Waals surface area contributed by atoms with E-state index < -0.39 is 12.5 Å². The highest BCUT2D eigenvalue weighted by atomic mass is 32.1. The molecule has 0 aliphatic heterocycles. The molecule has 0 aliphatic carbocycles. The zero-order valence-electron chi connectivity index (χ0n) is 12.4. The van der Waals surface area contributed by atoms with Crippen molar-refractivity contribution in [3.63, 3.8) is 0 Å². The fourth-order valence-electron chi connectivity index (χ4n) is 1.75. The lowest BCUT2D eigenvalue weighted by molar-refractivity contribution is -0.121. The van der Waals surface area contributed by atoms with E-state index >= 15 is 0 Å². The van der Waals surface area contributed by atoms with Crippen LogP contribution in [0.5, 0.6) is 11.5 Å². The van der Waals surface area contributed by atoms with Gasteiger partial charge in [0.15, 0.2) is 11.7 Å². The smallest absolute Gasteiger partial charge is 0.387 e. The Bertz CT molecular complexity index is 699. The van der Waals surface area contributed by atoms with Crippen LogP contribution in [0.1, 0.15) is 0 Å². The van der Waals surface area contributed by atoms with Crippen LogP contribution in [-0.2, 0) is 4.79 Å². The number of rotatable bonds is 6. The molecule has 0 aliphatic rings. The van der Waals surface area contributed by atoms with Gasteiger partial charge < -0.3 is 14.8 Å². The maximum Gasteiger partial charge on any atom is 0.387 e. The molecular formula is C16H14F2N2O3S. The Labute approximate surface area is 142 Å². The SMILES string of the molecule is O=C(COc1ccccc1)NC(=S)Nc1ccccc1OC(F)F. The molecule has 2 aromatic carbocycles. The van der Waals surface area contributed by atoms with Crippen molar-refractivity contribution in [1.29, 1.82) is 0 Å². The Balaban J connectivity index is 1.85. The molecule has 0 spiro atoms. The van der Waals surface area contributed by atoms with E-state index in [9.17, 15) is 13.6 Å². The van der Waals surface area contributed by atoms with Crippen LogP contribution in [0, 0.1) is 0 Å². The number of anilines is 1. The molecule has 2 rings (SSSR count). The molecule has 0 unspecified atom stereocenters. The van der Waals surface area contributed by atoms with Crippen molar-refractivity contribution in [3.05, 3.63) is 54.6 Å². The molecule has 0 heterocycles. The molecule has 24 heavy (non-hydrogen) atoms. The summed E-state index contributed by atoms with van der Waals surface area (Å²) in [7, 11) is 0. The van der Waals surface area contributed by atoms with Gasteiger partial charge in [-0.2, -0.15) is 8.78 Å². The van der Waals surface area contributed by atoms with Gasteiger partial charge in [-0.25, -0.2) is 0 Å². The van der Waals surface area contributed by atoms with Crippen LogP contribution < -0.4 is 20.1 Å². The van der Waals surface area contributed by atoms with Crippen LogP contribution in [0.4, 0.5) is 14.5 Å². The van der Waals surface area contributed by atoms with E-state index in [-0.39, 0.29) is 23.2 Å². The molecular weight excluding hydrogens is 338 g/mol. The number of carbonyl (C=O) groups is 1. The van der Waals surface area contributed by atoms with Gasteiger partial charge in [-0.15, -0.1) is 0 Å². The highest BCUT2D eigenvalue weighted by Gasteiger charge is 2.11. The van der Waals surface area contributed by atoms with E-state index in [1.54, 1.807) is 30.3 Å². The first kappa shape index (κ1) is 17.6. The number of alkyl halides is 2. The van der Waals surface area contributed by atoms with E-state index in [0.717, 1.165) is 0 Å². The van der Waals surface area contributed by atoms with Gasteiger partial charge in [0.2, 0.25) is 0 Å². The van der Waals surface area contributed by atoms with Crippen LogP contribution >= 0.6 is 12.2 Å². The predicted molar refractivity (Wildman–Crippen MR) is 89.4 cm³/mol. The number of nitrogens with one attached hydrogen (secondary N) is 2. The topological polar surface area (TPSA) is 59.6 Å². The predicted octanol–water partition coefficient (Wildman–Crippen LogP) is 3.18. The number of hydrogen-bond acceptors (Lipinski definition) is 4. The maximum atomic E-state index is 12.3. The second-order valence-corrected chi connectivity index (χ2v) is 4.89. The number of hydrogen-bond donors (Lipinski definition) is 2. The third-order valence-corrected chi connectivity index (χ3v) is 2.92. The number of ether oxygens (including phenoxy) is 2. The summed E-state index contributed by atoms with van der Waals surface area (Å²) in [6.07, 6.45) is 0. The number of para-hydroxylation sites is 3. The van der Waals surface area contributed by atoms with Gasteiger partial charge in [-0.3, -0.25) is 10.1 Å². The normalized spacial score (nSPS) is 10.1. The lowest BCUT2D eigenvalue weighted by atomic mass is 10.3. The zero-order chi connectivity index (χ0) is 17.4. The second kappa shape index (κ2) is 8.78. The molecule has 0 atom stereocenters. The fourth-order valence-corrected chi connectivity index (χ4v) is 1.97. The van der Waals surface area contributed by atoms with Crippen molar-refractivity contribution in [1.82, 2.24) is 5.32 Å². The standard InChI is InChI=1S/C16H14F2N2O3S/c17-15(18)23-13-9-5-4-8-12(13)19-16(24)20-14(21)10-22-11-6-2-1-3-7-11/h1-9,15H,10H2,(H2,19,20,21,24). The Hall–Kier alpha value is -2.74. The number of thiocarbonyl (C=S) groups is 1. The summed E-state index contributed by atoms with van der Waals surface area (Å²) in [6, 6.07) is 14.8. The minimum atomic E-state index is -2.96. The number of halogens is 2. The van der Waals surface area contributed by atoms with Gasteiger partial charge in [0, 0.05) is 0 Å². The van der Waals surface area contributed by atoms with Gasteiger partial charge in [0.05, 0.1) is 5.69 Å². The zero-order valence-corrected chi connectivity index (χ0v) is 13.2. The van der Waals surface area contributed by atoms with Crippen molar-refractivity contribution in [2.24, 2.45) is 0 Å². The van der Waals surface area contributed by atoms with Crippen LogP contribution in [0.15, 0.2) is 54.6 Å². The number of benzene rings is 2. The van der Waals surface area contributed by atoms with E-state index in [4.69, 9.17) is 17.0 Å². The summed E-state index contributed by atoms with van der Waals surface area (Å²) in [6.45, 7) is -3.20. The van der Waals surface area contributed by atoms with Gasteiger partial charge in [-0.05, 0) is 36.5 Å². The van der Waals surface area contributed by atoms with Crippen LogP contribution in [0.2, 0.25) is 0 Å². The summed E-state index contributed by atoms with van der Waals surface area (Å²) in [5.41, 5.74) is 0.215. The maximum absolute atomic E-state index is 12.3. The quantitative estimate of drug-likeness (QED) is 0.782. The minimum Gasteiger partial charge on any atom is -0.484 e. The average Bonchev–Trinajstić information content (AvgIpc) is 2.55. The first-order valence-electron chi connectivity index (χ1n) is 6.87. The molecule has 0 saturated carbocycles. The summed E-state index contributed by atoms with van der Waals surface area (Å²) in [5, 5.41) is 4.97. The lowest BCUT2D eigenvalue weighted by Gasteiger charge is -2.14. The third kappa shape index (κ3) is 5.81. The largest absolute Gasteiger partial charge is 0.484 e. The molecule has 2 aromatic rings. The van der Waals surface area contributed by atoms with E-state index in [1.165, 1.54) is 18.2 Å². The molecule has 2 N–H and O–H groups in total. The number of carbonyl (C=O) groups excluding carboxylic acids is 1. The van der Waals surface area contributed by atoms with E-state index in [2.05, 4.69) is 15.4 Å². The monoisotopic (exact) mass is 352 g/mol. The van der Waals surface area contributed by atoms with Gasteiger partial charge >= 0.3 is 6.61 Å². The molecule has 0 radical (unpaired) electrons. The Morgan fingerprint density at radius 3 is 2.46 bits per heavy atom. The lowest BCUT2D eigenvalue weighted by Crippen LogP contribution is -2.37. The highest BCUT2D eigenvalue weighted by Crippen LogP contribution is 2.25. The van der Waals surface area contributed by atoms with Crippen LogP contribution in [0.25, 0.3) is 0 Å². The Morgan fingerprint density at radius 2 is 1.75 bits per heavy atom. The second-order valence-electron chi connectivity index (χ2n) is 4.48. The van der Waals surface area contributed by atoms with E-state index in [0.29, 0.717) is 5.75 Å². The first-order valence-corrected chi connectivity index (χ1v) is 7.28. The Kier molecular flexibility index (Phi) is 6.44. The van der Waals surface area contributed by atoms with Crippen molar-refractivity contribution >= 4 is 28.9 Å². The Morgan fingerprint density at radius 1 is 1.08 bits per heavy atom. The van der Waals surface area contributed by atoms with Gasteiger partial charge in [0.1, 0.15) is 11.5 Å². The molecule has 126 valence electrons. The van der Waals surface area contributed by atoms with Crippen molar-refractivity contribution in [2.45, 2.75) is 6.61 Å². The first-order chi connectivity index (χ1) is 11.5. The highest BCUT2D eigenvalue weighted by molar-refractivity contribution is 7.80. The summed E-state index contributed by atoms with van der Waals surface area (Å²) < 4.78 is 34.3. The van der Waals surface area contributed by atoms with Crippen molar-refractivity contribution in [3.8, 4) is 11.5 Å². The van der Waals surface area contributed by atoms with Gasteiger partial charge in [-0.1, -0.05) is 30.3 Å². The molecule has 8 heteroatoms. The fraction of sp³-hybridized carbons (Fsp3) is 0.125. The van der Waals surface area contributed by atoms with Crippen LogP contribution in [0.3, 0.4) is 0 Å².